The van der Waals surface area contributed by atoms with E-state index in [4.69, 9.17) is 17.3 Å². The van der Waals surface area contributed by atoms with E-state index < -0.39 is 11.8 Å². The number of carbonyl (C=O) groups is 2. The highest BCUT2D eigenvalue weighted by Gasteiger charge is 2.08. The molecule has 1 rings (SSSR count). The van der Waals surface area contributed by atoms with Crippen LogP contribution in [0.3, 0.4) is 0 Å². The third kappa shape index (κ3) is 3.80. The maximum Gasteiger partial charge on any atom is 0.274 e. The largest absolute Gasteiger partial charge is 0.368 e. The first-order valence-electron chi connectivity index (χ1n) is 4.16. The zero-order valence-electron chi connectivity index (χ0n) is 8.00. The van der Waals surface area contributed by atoms with Gasteiger partial charge in [0.1, 0.15) is 0 Å². The van der Waals surface area contributed by atoms with E-state index in [-0.39, 0.29) is 6.61 Å². The summed E-state index contributed by atoms with van der Waals surface area (Å²) in [5, 5.41) is 0.405. The normalized spacial score (nSPS) is 9.88. The fourth-order valence-corrected chi connectivity index (χ4v) is 1.30. The van der Waals surface area contributed by atoms with Crippen LogP contribution in [0.1, 0.15) is 10.4 Å². The van der Waals surface area contributed by atoms with Crippen LogP contribution in [0.25, 0.3) is 0 Å². The number of rotatable bonds is 4. The van der Waals surface area contributed by atoms with Crippen molar-refractivity contribution in [1.29, 1.82) is 0 Å². The summed E-state index contributed by atoms with van der Waals surface area (Å²) in [5.74, 6) is -1.18. The van der Waals surface area contributed by atoms with Crippen molar-refractivity contribution in [2.45, 2.75) is 0 Å². The summed E-state index contributed by atoms with van der Waals surface area (Å²) < 4.78 is 0.684. The van der Waals surface area contributed by atoms with Gasteiger partial charge in [0.25, 0.3) is 5.91 Å². The number of carbonyl (C=O) groups excluding carboxylic acids is 2. The predicted octanol–water partition coefficient (Wildman–Crippen LogP) is 1.25. The minimum Gasteiger partial charge on any atom is -0.368 e. The lowest BCUT2D eigenvalue weighted by Gasteiger charge is -2.04. The van der Waals surface area contributed by atoms with E-state index in [9.17, 15) is 9.59 Å². The predicted molar refractivity (Wildman–Crippen MR) is 61.8 cm³/mol. The van der Waals surface area contributed by atoms with Crippen molar-refractivity contribution < 1.29 is 14.4 Å². The van der Waals surface area contributed by atoms with Crippen LogP contribution in [0.2, 0.25) is 5.02 Å². The van der Waals surface area contributed by atoms with Gasteiger partial charge in [-0.15, -0.1) is 0 Å². The summed E-state index contributed by atoms with van der Waals surface area (Å²) in [4.78, 5) is 26.3. The number of nitrogens with one attached hydrogen (secondary N) is 1. The molecular formula is C9H8BrClN2O3. The van der Waals surface area contributed by atoms with Crippen molar-refractivity contribution >= 4 is 39.3 Å². The van der Waals surface area contributed by atoms with Crippen LogP contribution < -0.4 is 11.2 Å². The lowest BCUT2D eigenvalue weighted by Crippen LogP contribution is -2.29. The Kier molecular flexibility index (Phi) is 4.72. The molecule has 0 radical (unpaired) electrons. The third-order valence-electron chi connectivity index (χ3n) is 1.56. The van der Waals surface area contributed by atoms with Crippen LogP contribution in [0, 0.1) is 0 Å². The molecular weight excluding hydrogens is 299 g/mol. The van der Waals surface area contributed by atoms with E-state index in [0.29, 0.717) is 15.1 Å². The van der Waals surface area contributed by atoms with Gasteiger partial charge in [-0.3, -0.25) is 14.4 Å². The van der Waals surface area contributed by atoms with E-state index in [1.165, 1.54) is 6.07 Å². The highest BCUT2D eigenvalue weighted by Crippen LogP contribution is 2.22. The number of hydroxylamine groups is 1. The molecule has 0 fully saturated rings. The minimum atomic E-state index is -0.672. The van der Waals surface area contributed by atoms with Gasteiger partial charge < -0.3 is 5.73 Å². The molecule has 0 aliphatic rings. The maximum atomic E-state index is 11.4. The first-order valence-corrected chi connectivity index (χ1v) is 5.33. The summed E-state index contributed by atoms with van der Waals surface area (Å²) in [6.07, 6.45) is 0. The van der Waals surface area contributed by atoms with Crippen LogP contribution in [-0.4, -0.2) is 18.4 Å². The van der Waals surface area contributed by atoms with Gasteiger partial charge in [0.15, 0.2) is 6.61 Å². The molecule has 0 saturated carbocycles. The smallest absolute Gasteiger partial charge is 0.274 e. The SMILES string of the molecule is NC(=O)CONC(=O)c1ccc(Br)c(Cl)c1. The topological polar surface area (TPSA) is 81.4 Å². The fraction of sp³-hybridized carbons (Fsp3) is 0.111. The van der Waals surface area contributed by atoms with Gasteiger partial charge in [0.05, 0.1) is 5.02 Å². The van der Waals surface area contributed by atoms with Gasteiger partial charge in [0, 0.05) is 10.0 Å². The first kappa shape index (κ1) is 13.0. The van der Waals surface area contributed by atoms with Crippen LogP contribution in [0.4, 0.5) is 0 Å². The zero-order chi connectivity index (χ0) is 12.1. The second-order valence-corrected chi connectivity index (χ2v) is 4.08. The highest BCUT2D eigenvalue weighted by atomic mass is 79.9. The van der Waals surface area contributed by atoms with E-state index in [0.717, 1.165) is 0 Å². The Hall–Kier alpha value is -1.11. The van der Waals surface area contributed by atoms with E-state index >= 15 is 0 Å². The zero-order valence-corrected chi connectivity index (χ0v) is 10.3. The van der Waals surface area contributed by atoms with Crippen molar-refractivity contribution in [3.05, 3.63) is 33.3 Å². The van der Waals surface area contributed by atoms with Crippen molar-refractivity contribution in [3.8, 4) is 0 Å². The lowest BCUT2D eigenvalue weighted by molar-refractivity contribution is -0.124. The highest BCUT2D eigenvalue weighted by molar-refractivity contribution is 9.10. The Morgan fingerprint density at radius 1 is 1.50 bits per heavy atom. The molecule has 0 atom stereocenters. The molecule has 1 aromatic rings. The van der Waals surface area contributed by atoms with E-state index in [1.54, 1.807) is 12.1 Å². The molecule has 0 saturated heterocycles. The van der Waals surface area contributed by atoms with Crippen molar-refractivity contribution in [1.82, 2.24) is 5.48 Å². The van der Waals surface area contributed by atoms with Crippen molar-refractivity contribution in [3.63, 3.8) is 0 Å². The quantitative estimate of drug-likeness (QED) is 0.821. The van der Waals surface area contributed by atoms with Gasteiger partial charge in [-0.05, 0) is 34.1 Å². The van der Waals surface area contributed by atoms with E-state index in [1.807, 2.05) is 0 Å². The number of hydrogen-bond acceptors (Lipinski definition) is 3. The van der Waals surface area contributed by atoms with Crippen molar-refractivity contribution in [2.75, 3.05) is 6.61 Å². The molecule has 0 bridgehead atoms. The standard InChI is InChI=1S/C9H8BrClN2O3/c10-6-2-1-5(3-7(6)11)9(15)13-16-4-8(12)14/h1-3H,4H2,(H2,12,14)(H,13,15). The Balaban J connectivity index is 2.59. The second kappa shape index (κ2) is 5.83. The molecule has 0 heterocycles. The number of primary amides is 1. The summed E-state index contributed by atoms with van der Waals surface area (Å²) in [6, 6.07) is 4.65. The summed E-state index contributed by atoms with van der Waals surface area (Å²) in [5.41, 5.74) is 7.20. The molecule has 0 aliphatic carbocycles. The molecule has 5 nitrogen and oxygen atoms in total. The fourth-order valence-electron chi connectivity index (χ4n) is 0.869. The molecule has 3 N–H and O–H groups in total. The molecule has 86 valence electrons. The average Bonchev–Trinajstić information content (AvgIpc) is 2.21. The number of halogens is 2. The third-order valence-corrected chi connectivity index (χ3v) is 2.79. The maximum absolute atomic E-state index is 11.4. The van der Waals surface area contributed by atoms with Gasteiger partial charge in [0.2, 0.25) is 5.91 Å². The van der Waals surface area contributed by atoms with Crippen molar-refractivity contribution in [2.24, 2.45) is 5.73 Å². The molecule has 0 spiro atoms. The summed E-state index contributed by atoms with van der Waals surface area (Å²) in [6.45, 7) is -0.379. The Labute approximate surface area is 105 Å². The second-order valence-electron chi connectivity index (χ2n) is 2.82. The first-order chi connectivity index (χ1) is 7.50. The van der Waals surface area contributed by atoms with Gasteiger partial charge in [-0.2, -0.15) is 0 Å². The number of amides is 2. The molecule has 0 unspecified atom stereocenters. The van der Waals surface area contributed by atoms with Crippen LogP contribution in [0.15, 0.2) is 22.7 Å². The Morgan fingerprint density at radius 3 is 2.75 bits per heavy atom. The summed E-state index contributed by atoms with van der Waals surface area (Å²) >= 11 is 8.99. The molecule has 7 heteroatoms. The van der Waals surface area contributed by atoms with E-state index in [2.05, 4.69) is 26.2 Å². The monoisotopic (exact) mass is 306 g/mol. The average molecular weight is 308 g/mol. The van der Waals surface area contributed by atoms with Crippen LogP contribution >= 0.6 is 27.5 Å². The Bertz CT molecular complexity index is 425. The van der Waals surface area contributed by atoms with Gasteiger partial charge in [-0.1, -0.05) is 11.6 Å². The molecule has 1 aromatic carbocycles. The molecule has 2 amide bonds. The number of nitrogens with two attached hydrogens (primary N) is 1. The number of benzene rings is 1. The minimum absolute atomic E-state index is 0.317. The van der Waals surface area contributed by atoms with Gasteiger partial charge in [-0.25, -0.2) is 5.48 Å². The number of hydrogen-bond donors (Lipinski definition) is 2. The Morgan fingerprint density at radius 2 is 2.19 bits per heavy atom. The summed E-state index contributed by atoms with van der Waals surface area (Å²) in [7, 11) is 0. The lowest BCUT2D eigenvalue weighted by atomic mass is 10.2. The molecule has 0 aromatic heterocycles. The molecule has 0 aliphatic heterocycles. The van der Waals surface area contributed by atoms with Gasteiger partial charge >= 0.3 is 0 Å². The molecule has 16 heavy (non-hydrogen) atoms. The van der Waals surface area contributed by atoms with Crippen LogP contribution in [-0.2, 0) is 9.63 Å². The van der Waals surface area contributed by atoms with Crippen LogP contribution in [0.5, 0.6) is 0 Å².